The van der Waals surface area contributed by atoms with Crippen molar-refractivity contribution in [2.45, 2.75) is 30.7 Å². The van der Waals surface area contributed by atoms with Gasteiger partial charge in [-0.1, -0.05) is 6.07 Å². The Morgan fingerprint density at radius 3 is 2.58 bits per heavy atom. The summed E-state index contributed by atoms with van der Waals surface area (Å²) in [7, 11) is -0.558. The lowest BCUT2D eigenvalue weighted by atomic mass is 10.0. The van der Waals surface area contributed by atoms with Crippen LogP contribution in [-0.2, 0) is 14.8 Å². The maximum absolute atomic E-state index is 12.4. The largest absolute Gasteiger partial charge is 0.457 e. The van der Waals surface area contributed by atoms with Crippen molar-refractivity contribution in [1.29, 1.82) is 0 Å². The number of fused-ring (bicyclic) bond motifs is 1. The number of sulfonamides is 1. The van der Waals surface area contributed by atoms with Crippen LogP contribution >= 0.6 is 0 Å². The van der Waals surface area contributed by atoms with Gasteiger partial charge in [0.15, 0.2) is 5.82 Å². The standard InChI is InChI=1S/C26H27N5O4S/c1-17(32)31-14-6-8-24(31)20-15-22-23(29-26(28-22)21-7-4-5-13-27-21)16-25(20)35-18-9-11-19(12-10-18)36(33,34)30(2)3/h4-5,7,9-13,15-16,24H,6,8,14H2,1-3H3,(H,28,29). The highest BCUT2D eigenvalue weighted by atomic mass is 32.2. The van der Waals surface area contributed by atoms with E-state index >= 15 is 0 Å². The molecule has 1 aliphatic heterocycles. The number of aromatic amines is 1. The lowest BCUT2D eigenvalue weighted by molar-refractivity contribution is -0.129. The Bertz CT molecular complexity index is 1520. The van der Waals surface area contributed by atoms with Crippen LogP contribution in [-0.4, -0.2) is 59.1 Å². The Morgan fingerprint density at radius 1 is 1.14 bits per heavy atom. The lowest BCUT2D eigenvalue weighted by Crippen LogP contribution is -2.28. The number of rotatable bonds is 6. The molecule has 9 nitrogen and oxygen atoms in total. The fraction of sp³-hybridized carbons (Fsp3) is 0.269. The molecule has 0 bridgehead atoms. The molecule has 1 unspecified atom stereocenters. The van der Waals surface area contributed by atoms with Crippen molar-refractivity contribution in [3.05, 3.63) is 66.4 Å². The van der Waals surface area contributed by atoms with Gasteiger partial charge in [0.2, 0.25) is 15.9 Å². The molecule has 0 saturated carbocycles. The molecule has 4 aromatic rings. The van der Waals surface area contributed by atoms with Crippen LogP contribution in [0.2, 0.25) is 0 Å². The van der Waals surface area contributed by atoms with Crippen LogP contribution in [0.1, 0.15) is 31.4 Å². The van der Waals surface area contributed by atoms with E-state index in [1.807, 2.05) is 35.2 Å². The Labute approximate surface area is 209 Å². The van der Waals surface area contributed by atoms with Crippen molar-refractivity contribution >= 4 is 27.0 Å². The molecule has 1 saturated heterocycles. The summed E-state index contributed by atoms with van der Waals surface area (Å²) in [6.45, 7) is 2.27. The Hall–Kier alpha value is -3.76. The monoisotopic (exact) mass is 505 g/mol. The number of H-pyrrole nitrogens is 1. The fourth-order valence-electron chi connectivity index (χ4n) is 4.51. The number of pyridine rings is 1. The van der Waals surface area contributed by atoms with Gasteiger partial charge in [0.05, 0.1) is 22.0 Å². The molecule has 3 heterocycles. The number of nitrogens with one attached hydrogen (secondary N) is 1. The second kappa shape index (κ2) is 9.36. The topological polar surface area (TPSA) is 108 Å². The van der Waals surface area contributed by atoms with Gasteiger partial charge in [0.1, 0.15) is 17.2 Å². The molecule has 36 heavy (non-hydrogen) atoms. The highest BCUT2D eigenvalue weighted by Crippen LogP contribution is 2.41. The van der Waals surface area contributed by atoms with Crippen molar-refractivity contribution in [2.24, 2.45) is 0 Å². The summed E-state index contributed by atoms with van der Waals surface area (Å²) in [5, 5.41) is 0. The molecule has 2 aromatic heterocycles. The normalized spacial score (nSPS) is 16.1. The zero-order chi connectivity index (χ0) is 25.4. The van der Waals surface area contributed by atoms with E-state index in [9.17, 15) is 13.2 Å². The summed E-state index contributed by atoms with van der Waals surface area (Å²) in [4.78, 5) is 26.8. The van der Waals surface area contributed by atoms with Gasteiger partial charge in [0.25, 0.3) is 0 Å². The quantitative estimate of drug-likeness (QED) is 0.417. The van der Waals surface area contributed by atoms with Gasteiger partial charge >= 0.3 is 0 Å². The predicted octanol–water partition coefficient (Wildman–Crippen LogP) is 4.35. The maximum atomic E-state index is 12.4. The summed E-state index contributed by atoms with van der Waals surface area (Å²) in [6.07, 6.45) is 3.44. The highest BCUT2D eigenvalue weighted by Gasteiger charge is 2.31. The van der Waals surface area contributed by atoms with Gasteiger partial charge in [-0.2, -0.15) is 0 Å². The Kier molecular flexibility index (Phi) is 6.23. The second-order valence-electron chi connectivity index (χ2n) is 8.94. The first-order valence-electron chi connectivity index (χ1n) is 11.7. The summed E-state index contributed by atoms with van der Waals surface area (Å²) in [5.74, 6) is 1.71. The third-order valence-electron chi connectivity index (χ3n) is 6.37. The molecule has 0 aliphatic carbocycles. The van der Waals surface area contributed by atoms with E-state index in [-0.39, 0.29) is 16.8 Å². The number of hydrogen-bond donors (Lipinski definition) is 1. The number of benzene rings is 2. The first kappa shape index (κ1) is 24.0. The van der Waals surface area contributed by atoms with Crippen molar-refractivity contribution < 1.29 is 17.9 Å². The zero-order valence-electron chi connectivity index (χ0n) is 20.3. The van der Waals surface area contributed by atoms with E-state index in [4.69, 9.17) is 9.72 Å². The van der Waals surface area contributed by atoms with Crippen LogP contribution in [0, 0.1) is 0 Å². The minimum Gasteiger partial charge on any atom is -0.457 e. The van der Waals surface area contributed by atoms with E-state index in [2.05, 4.69) is 9.97 Å². The molecule has 0 spiro atoms. The minimum atomic E-state index is -3.54. The van der Waals surface area contributed by atoms with Crippen molar-refractivity contribution in [1.82, 2.24) is 24.2 Å². The van der Waals surface area contributed by atoms with Gasteiger partial charge in [-0.15, -0.1) is 0 Å². The van der Waals surface area contributed by atoms with Crippen LogP contribution in [0.4, 0.5) is 0 Å². The van der Waals surface area contributed by atoms with E-state index in [0.717, 1.165) is 29.6 Å². The first-order chi connectivity index (χ1) is 17.2. The molecule has 1 fully saturated rings. The summed E-state index contributed by atoms with van der Waals surface area (Å²) >= 11 is 0. The summed E-state index contributed by atoms with van der Waals surface area (Å²) in [5.41, 5.74) is 3.12. The fourth-order valence-corrected chi connectivity index (χ4v) is 5.41. The van der Waals surface area contributed by atoms with Gasteiger partial charge < -0.3 is 14.6 Å². The van der Waals surface area contributed by atoms with E-state index < -0.39 is 10.0 Å². The van der Waals surface area contributed by atoms with E-state index in [1.54, 1.807) is 25.3 Å². The van der Waals surface area contributed by atoms with Crippen LogP contribution in [0.5, 0.6) is 11.5 Å². The van der Waals surface area contributed by atoms with Crippen LogP contribution in [0.25, 0.3) is 22.6 Å². The maximum Gasteiger partial charge on any atom is 0.242 e. The molecule has 186 valence electrons. The Balaban J connectivity index is 1.57. The van der Waals surface area contributed by atoms with Crippen LogP contribution < -0.4 is 4.74 Å². The SMILES string of the molecule is CC(=O)N1CCCC1c1cc2[nH]c(-c3ccccn3)nc2cc1Oc1ccc(S(=O)(=O)N(C)C)cc1. The molecule has 1 amide bonds. The summed E-state index contributed by atoms with van der Waals surface area (Å²) < 4.78 is 32.3. The smallest absolute Gasteiger partial charge is 0.242 e. The molecule has 1 aliphatic rings. The summed E-state index contributed by atoms with van der Waals surface area (Å²) in [6, 6.07) is 15.7. The Morgan fingerprint density at radius 2 is 1.92 bits per heavy atom. The number of nitrogens with zero attached hydrogens (tertiary/aromatic N) is 4. The number of likely N-dealkylation sites (tertiary alicyclic amines) is 1. The third-order valence-corrected chi connectivity index (χ3v) is 8.20. The van der Waals surface area contributed by atoms with Gasteiger partial charge in [-0.25, -0.2) is 17.7 Å². The lowest BCUT2D eigenvalue weighted by Gasteiger charge is -2.25. The zero-order valence-corrected chi connectivity index (χ0v) is 21.1. The predicted molar refractivity (Wildman–Crippen MR) is 136 cm³/mol. The molecule has 1 atom stereocenters. The average molecular weight is 506 g/mol. The molecular weight excluding hydrogens is 478 g/mol. The number of aromatic nitrogens is 3. The minimum absolute atomic E-state index is 0.0144. The first-order valence-corrected chi connectivity index (χ1v) is 13.1. The number of amides is 1. The van der Waals surface area contributed by atoms with Crippen molar-refractivity contribution in [2.75, 3.05) is 20.6 Å². The second-order valence-corrected chi connectivity index (χ2v) is 11.1. The van der Waals surface area contributed by atoms with Crippen molar-refractivity contribution in [3.8, 4) is 23.0 Å². The average Bonchev–Trinajstić information content (AvgIpc) is 3.51. The van der Waals surface area contributed by atoms with Gasteiger partial charge in [-0.05, 0) is 55.3 Å². The van der Waals surface area contributed by atoms with Crippen LogP contribution in [0.15, 0.2) is 65.7 Å². The third kappa shape index (κ3) is 4.45. The van der Waals surface area contributed by atoms with E-state index in [0.29, 0.717) is 29.4 Å². The molecule has 0 radical (unpaired) electrons. The number of imidazole rings is 1. The number of carbonyl (C=O) groups is 1. The molecular formula is C26H27N5O4S. The molecule has 10 heteroatoms. The van der Waals surface area contributed by atoms with Gasteiger partial charge in [0, 0.05) is 45.4 Å². The van der Waals surface area contributed by atoms with Gasteiger partial charge in [-0.3, -0.25) is 9.78 Å². The van der Waals surface area contributed by atoms with Crippen molar-refractivity contribution in [3.63, 3.8) is 0 Å². The molecule has 5 rings (SSSR count). The highest BCUT2D eigenvalue weighted by molar-refractivity contribution is 7.89. The van der Waals surface area contributed by atoms with Crippen LogP contribution in [0.3, 0.4) is 0 Å². The number of carbonyl (C=O) groups excluding carboxylic acids is 1. The molecule has 1 N–H and O–H groups in total. The number of ether oxygens (including phenoxy) is 1. The van der Waals surface area contributed by atoms with E-state index in [1.165, 1.54) is 30.5 Å². The number of hydrogen-bond acceptors (Lipinski definition) is 6. The molecule has 2 aromatic carbocycles.